The number of nitrogens with zero attached hydrogens (tertiary/aromatic N) is 5. The summed E-state index contributed by atoms with van der Waals surface area (Å²) >= 11 is 0. The molecule has 0 saturated heterocycles. The van der Waals surface area contributed by atoms with Gasteiger partial charge in [0.2, 0.25) is 5.89 Å². The zero-order valence-electron chi connectivity index (χ0n) is 10.3. The van der Waals surface area contributed by atoms with Crippen molar-refractivity contribution in [3.63, 3.8) is 0 Å². The zero-order valence-corrected chi connectivity index (χ0v) is 10.3. The van der Waals surface area contributed by atoms with Gasteiger partial charge in [-0.1, -0.05) is 18.1 Å². The first-order valence-corrected chi connectivity index (χ1v) is 5.62. The topological polar surface area (TPSA) is 78.8 Å². The Kier molecular flexibility index (Phi) is 3.53. The molecule has 2 aromatic rings. The summed E-state index contributed by atoms with van der Waals surface area (Å²) in [6, 6.07) is 7.30. The lowest BCUT2D eigenvalue weighted by atomic mass is 10.3. The lowest BCUT2D eigenvalue weighted by Crippen LogP contribution is -2.18. The molecule has 0 aliphatic rings. The Morgan fingerprint density at radius 2 is 2.22 bits per heavy atom. The number of rotatable bonds is 4. The van der Waals surface area contributed by atoms with E-state index < -0.39 is 0 Å². The van der Waals surface area contributed by atoms with Crippen LogP contribution in [0.2, 0.25) is 0 Å². The first-order valence-electron chi connectivity index (χ1n) is 5.62. The van der Waals surface area contributed by atoms with Crippen molar-refractivity contribution in [3.05, 3.63) is 35.6 Å². The van der Waals surface area contributed by atoms with Gasteiger partial charge < -0.3 is 9.42 Å². The van der Waals surface area contributed by atoms with Crippen molar-refractivity contribution in [1.82, 2.24) is 15.1 Å². The van der Waals surface area contributed by atoms with Gasteiger partial charge in [0.05, 0.1) is 6.54 Å². The van der Waals surface area contributed by atoms with Gasteiger partial charge in [0.1, 0.15) is 17.6 Å². The molecular weight excluding hydrogens is 230 g/mol. The first-order chi connectivity index (χ1) is 8.72. The van der Waals surface area contributed by atoms with Crippen LogP contribution in [0.15, 0.2) is 22.7 Å². The Morgan fingerprint density at radius 3 is 2.89 bits per heavy atom. The molecule has 0 saturated carbocycles. The Hall–Kier alpha value is -2.42. The van der Waals surface area contributed by atoms with Gasteiger partial charge in [-0.15, -0.1) is 0 Å². The van der Waals surface area contributed by atoms with Crippen molar-refractivity contribution < 1.29 is 4.52 Å². The van der Waals surface area contributed by atoms with Crippen LogP contribution in [0.25, 0.3) is 0 Å². The molecule has 6 nitrogen and oxygen atoms in total. The van der Waals surface area contributed by atoms with Crippen LogP contribution in [0.4, 0.5) is 5.82 Å². The minimum Gasteiger partial charge on any atom is -0.350 e. The monoisotopic (exact) mass is 243 g/mol. The van der Waals surface area contributed by atoms with E-state index in [4.69, 9.17) is 9.78 Å². The molecule has 0 amide bonds. The average Bonchev–Trinajstić information content (AvgIpc) is 2.86. The summed E-state index contributed by atoms with van der Waals surface area (Å²) in [4.78, 5) is 10.3. The van der Waals surface area contributed by atoms with Crippen LogP contribution in [-0.4, -0.2) is 22.2 Å². The number of aryl methyl sites for hydroxylation is 1. The summed E-state index contributed by atoms with van der Waals surface area (Å²) in [5.41, 5.74) is 0.388. The van der Waals surface area contributed by atoms with Crippen LogP contribution in [0.1, 0.15) is 24.3 Å². The standard InChI is InChI=1S/C12H13N5O/c1-3-10-15-12(18-16-10)8-17(2)11-6-4-5-9(7-13)14-11/h4-6H,3,8H2,1-2H3. The van der Waals surface area contributed by atoms with Gasteiger partial charge in [-0.25, -0.2) is 4.98 Å². The molecule has 0 N–H and O–H groups in total. The van der Waals surface area contributed by atoms with Crippen molar-refractivity contribution in [3.8, 4) is 6.07 Å². The van der Waals surface area contributed by atoms with E-state index in [1.54, 1.807) is 12.1 Å². The summed E-state index contributed by atoms with van der Waals surface area (Å²) < 4.78 is 5.11. The van der Waals surface area contributed by atoms with E-state index in [9.17, 15) is 0 Å². The number of hydrogen-bond acceptors (Lipinski definition) is 6. The maximum absolute atomic E-state index is 8.80. The highest BCUT2D eigenvalue weighted by molar-refractivity contribution is 5.40. The maximum Gasteiger partial charge on any atom is 0.246 e. The van der Waals surface area contributed by atoms with Crippen LogP contribution in [0, 0.1) is 11.3 Å². The highest BCUT2D eigenvalue weighted by atomic mass is 16.5. The molecule has 0 aliphatic carbocycles. The van der Waals surface area contributed by atoms with Gasteiger partial charge >= 0.3 is 0 Å². The van der Waals surface area contributed by atoms with Gasteiger partial charge in [-0.2, -0.15) is 10.2 Å². The Bertz CT molecular complexity index is 572. The predicted molar refractivity (Wildman–Crippen MR) is 64.7 cm³/mol. The molecule has 0 radical (unpaired) electrons. The summed E-state index contributed by atoms with van der Waals surface area (Å²) in [6.45, 7) is 2.44. The van der Waals surface area contributed by atoms with Crippen LogP contribution >= 0.6 is 0 Å². The normalized spacial score (nSPS) is 10.1. The summed E-state index contributed by atoms with van der Waals surface area (Å²) in [6.07, 6.45) is 0.745. The highest BCUT2D eigenvalue weighted by Gasteiger charge is 2.10. The molecule has 2 rings (SSSR count). The van der Waals surface area contributed by atoms with E-state index in [1.165, 1.54) is 0 Å². The Morgan fingerprint density at radius 1 is 1.39 bits per heavy atom. The fourth-order valence-corrected chi connectivity index (χ4v) is 1.48. The molecule has 92 valence electrons. The molecule has 2 heterocycles. The number of aromatic nitrogens is 3. The molecule has 6 heteroatoms. The van der Waals surface area contributed by atoms with Crippen LogP contribution in [-0.2, 0) is 13.0 Å². The largest absolute Gasteiger partial charge is 0.350 e. The van der Waals surface area contributed by atoms with Crippen molar-refractivity contribution in [1.29, 1.82) is 5.26 Å². The molecule has 0 spiro atoms. The molecule has 0 unspecified atom stereocenters. The summed E-state index contributed by atoms with van der Waals surface area (Å²) in [7, 11) is 1.86. The second-order valence-electron chi connectivity index (χ2n) is 3.81. The lowest BCUT2D eigenvalue weighted by Gasteiger charge is -2.15. The molecule has 0 aromatic carbocycles. The fourth-order valence-electron chi connectivity index (χ4n) is 1.48. The highest BCUT2D eigenvalue weighted by Crippen LogP contribution is 2.12. The van der Waals surface area contributed by atoms with Crippen molar-refractivity contribution in [2.24, 2.45) is 0 Å². The second kappa shape index (κ2) is 5.27. The quantitative estimate of drug-likeness (QED) is 0.810. The second-order valence-corrected chi connectivity index (χ2v) is 3.81. The molecule has 0 atom stereocenters. The van der Waals surface area contributed by atoms with Crippen LogP contribution in [0.5, 0.6) is 0 Å². The van der Waals surface area contributed by atoms with E-state index in [-0.39, 0.29) is 0 Å². The minimum atomic E-state index is 0.388. The van der Waals surface area contributed by atoms with E-state index in [0.717, 1.165) is 6.42 Å². The van der Waals surface area contributed by atoms with Gasteiger partial charge in [-0.05, 0) is 12.1 Å². The van der Waals surface area contributed by atoms with E-state index >= 15 is 0 Å². The third kappa shape index (κ3) is 2.63. The van der Waals surface area contributed by atoms with Gasteiger partial charge in [0.15, 0.2) is 5.82 Å². The Balaban J connectivity index is 2.11. The lowest BCUT2D eigenvalue weighted by molar-refractivity contribution is 0.373. The SMILES string of the molecule is CCc1noc(CN(C)c2cccc(C#N)n2)n1. The predicted octanol–water partition coefficient (Wildman–Crippen LogP) is 1.54. The number of nitriles is 1. The number of anilines is 1. The third-order valence-electron chi connectivity index (χ3n) is 2.44. The molecular formula is C12H13N5O. The number of pyridine rings is 1. The van der Waals surface area contributed by atoms with Gasteiger partial charge in [-0.3, -0.25) is 0 Å². The van der Waals surface area contributed by atoms with E-state index in [1.807, 2.05) is 31.0 Å². The van der Waals surface area contributed by atoms with Crippen LogP contribution in [0.3, 0.4) is 0 Å². The minimum absolute atomic E-state index is 0.388. The summed E-state index contributed by atoms with van der Waals surface area (Å²) in [5, 5.41) is 12.6. The molecule has 0 bridgehead atoms. The Labute approximate surface area is 105 Å². The molecule has 18 heavy (non-hydrogen) atoms. The van der Waals surface area contributed by atoms with Gasteiger partial charge in [0.25, 0.3) is 0 Å². The molecule has 0 fully saturated rings. The fraction of sp³-hybridized carbons (Fsp3) is 0.333. The summed E-state index contributed by atoms with van der Waals surface area (Å²) in [5.74, 6) is 1.93. The van der Waals surface area contributed by atoms with Crippen molar-refractivity contribution >= 4 is 5.82 Å². The zero-order chi connectivity index (χ0) is 13.0. The smallest absolute Gasteiger partial charge is 0.246 e. The molecule has 0 aliphatic heterocycles. The van der Waals surface area contributed by atoms with E-state index in [0.29, 0.717) is 29.8 Å². The number of hydrogen-bond donors (Lipinski definition) is 0. The van der Waals surface area contributed by atoms with E-state index in [2.05, 4.69) is 15.1 Å². The van der Waals surface area contributed by atoms with Crippen molar-refractivity contribution in [2.45, 2.75) is 19.9 Å². The van der Waals surface area contributed by atoms with Crippen molar-refractivity contribution in [2.75, 3.05) is 11.9 Å². The first kappa shape index (κ1) is 12.0. The maximum atomic E-state index is 8.80. The van der Waals surface area contributed by atoms with Crippen LogP contribution < -0.4 is 4.90 Å². The average molecular weight is 243 g/mol. The third-order valence-corrected chi connectivity index (χ3v) is 2.44. The molecule has 2 aromatic heterocycles. The van der Waals surface area contributed by atoms with Gasteiger partial charge in [0, 0.05) is 13.5 Å².